The van der Waals surface area contributed by atoms with Gasteiger partial charge in [0, 0.05) is 10.5 Å². The largest absolute Gasteiger partial charge is 0.482 e. The van der Waals surface area contributed by atoms with Gasteiger partial charge in [0.2, 0.25) is 0 Å². The molecule has 1 aromatic carbocycles. The van der Waals surface area contributed by atoms with Crippen molar-refractivity contribution < 1.29 is 9.53 Å². The minimum Gasteiger partial charge on any atom is -0.482 e. The fraction of sp³-hybridized carbons (Fsp3) is 0.611. The zero-order chi connectivity index (χ0) is 16.8. The molecule has 2 aliphatic carbocycles. The van der Waals surface area contributed by atoms with E-state index in [-0.39, 0.29) is 24.0 Å². The monoisotopic (exact) mass is 399 g/mol. The summed E-state index contributed by atoms with van der Waals surface area (Å²) in [6.07, 6.45) is 3.55. The Hall–Kier alpha value is -0.740. The van der Waals surface area contributed by atoms with Gasteiger partial charge in [-0.2, -0.15) is 0 Å². The van der Waals surface area contributed by atoms with Gasteiger partial charge in [-0.3, -0.25) is 4.79 Å². The van der Waals surface area contributed by atoms with Crippen LogP contribution >= 0.6 is 27.5 Å². The van der Waals surface area contributed by atoms with Crippen molar-refractivity contribution in [2.75, 3.05) is 6.61 Å². The van der Waals surface area contributed by atoms with Crippen molar-refractivity contribution in [1.82, 2.24) is 5.32 Å². The third kappa shape index (κ3) is 2.89. The summed E-state index contributed by atoms with van der Waals surface area (Å²) in [5.74, 6) is 1.17. The lowest BCUT2D eigenvalue weighted by atomic mass is 9.69. The Morgan fingerprint density at radius 1 is 1.43 bits per heavy atom. The van der Waals surface area contributed by atoms with Crippen molar-refractivity contribution in [3.05, 3.63) is 27.7 Å². The van der Waals surface area contributed by atoms with Gasteiger partial charge in [0.15, 0.2) is 6.61 Å². The van der Waals surface area contributed by atoms with Gasteiger partial charge in [0.1, 0.15) is 5.75 Å². The molecule has 2 saturated carbocycles. The Bertz CT molecular complexity index is 633. The number of halogens is 2. The van der Waals surface area contributed by atoms with Crippen molar-refractivity contribution >= 4 is 33.4 Å². The lowest BCUT2D eigenvalue weighted by molar-refractivity contribution is -0.124. The van der Waals surface area contributed by atoms with Crippen LogP contribution < -0.4 is 10.1 Å². The summed E-state index contributed by atoms with van der Waals surface area (Å²) in [5, 5.41) is 3.69. The maximum Gasteiger partial charge on any atom is 0.258 e. The van der Waals surface area contributed by atoms with Crippen LogP contribution in [0.5, 0.6) is 5.75 Å². The topological polar surface area (TPSA) is 38.3 Å². The smallest absolute Gasteiger partial charge is 0.258 e. The first-order valence-corrected chi connectivity index (χ1v) is 9.28. The number of rotatable bonds is 4. The number of fused-ring (bicyclic) bond motifs is 2. The zero-order valence-corrected chi connectivity index (χ0v) is 16.1. The molecule has 0 radical (unpaired) electrons. The van der Waals surface area contributed by atoms with E-state index < -0.39 is 0 Å². The molecular formula is C18H23BrClNO2. The molecule has 5 heteroatoms. The second kappa shape index (κ2) is 5.96. The van der Waals surface area contributed by atoms with Crippen LogP contribution in [0.2, 0.25) is 5.02 Å². The fourth-order valence-corrected chi connectivity index (χ4v) is 5.12. The number of nitrogens with one attached hydrogen (secondary N) is 1. The number of benzene rings is 1. The van der Waals surface area contributed by atoms with E-state index in [1.165, 1.54) is 12.8 Å². The molecule has 23 heavy (non-hydrogen) atoms. The van der Waals surface area contributed by atoms with Crippen molar-refractivity contribution in [3.63, 3.8) is 0 Å². The van der Waals surface area contributed by atoms with Crippen LogP contribution in [0.3, 0.4) is 0 Å². The lowest BCUT2D eigenvalue weighted by Gasteiger charge is -2.39. The number of amides is 1. The predicted octanol–water partition coefficient (Wildman–Crippen LogP) is 4.81. The van der Waals surface area contributed by atoms with Crippen LogP contribution in [0.4, 0.5) is 0 Å². The van der Waals surface area contributed by atoms with E-state index in [4.69, 9.17) is 16.3 Å². The highest BCUT2D eigenvalue weighted by molar-refractivity contribution is 9.10. The first kappa shape index (κ1) is 17.1. The van der Waals surface area contributed by atoms with Gasteiger partial charge < -0.3 is 10.1 Å². The number of hydrogen-bond donors (Lipinski definition) is 1. The Labute approximate surface area is 151 Å². The van der Waals surface area contributed by atoms with Crippen LogP contribution in [0.25, 0.3) is 0 Å². The highest BCUT2D eigenvalue weighted by Gasteiger charge is 2.61. The second-order valence-electron chi connectivity index (χ2n) is 7.59. The maximum absolute atomic E-state index is 12.3. The first-order valence-electron chi connectivity index (χ1n) is 8.11. The summed E-state index contributed by atoms with van der Waals surface area (Å²) >= 11 is 9.46. The average molecular weight is 401 g/mol. The van der Waals surface area contributed by atoms with Gasteiger partial charge in [-0.15, -0.1) is 0 Å². The SMILES string of the molecule is CC1(C)C2CCC1(C)C(NC(=O)COc1ccc(Br)cc1Cl)C2. The quantitative estimate of drug-likeness (QED) is 0.787. The molecule has 3 atom stereocenters. The molecule has 1 amide bonds. The molecule has 3 unspecified atom stereocenters. The Kier molecular flexibility index (Phi) is 4.43. The third-order valence-electron chi connectivity index (χ3n) is 6.38. The Balaban J connectivity index is 1.58. The molecule has 3 rings (SSSR count). The molecule has 0 heterocycles. The number of ether oxygens (including phenoxy) is 1. The Morgan fingerprint density at radius 3 is 2.74 bits per heavy atom. The van der Waals surface area contributed by atoms with Crippen LogP contribution in [0.1, 0.15) is 40.0 Å². The standard InChI is InChI=1S/C18H23BrClNO2/c1-17(2)11-6-7-18(17,3)15(8-11)21-16(22)10-23-14-5-4-12(19)9-13(14)20/h4-5,9,11,15H,6-8,10H2,1-3H3,(H,21,22). The molecular weight excluding hydrogens is 378 g/mol. The summed E-state index contributed by atoms with van der Waals surface area (Å²) in [5.41, 5.74) is 0.476. The molecule has 2 bridgehead atoms. The molecule has 0 spiro atoms. The summed E-state index contributed by atoms with van der Waals surface area (Å²) in [4.78, 5) is 12.3. The molecule has 0 aliphatic heterocycles. The van der Waals surface area contributed by atoms with Gasteiger partial charge in [-0.05, 0) is 54.2 Å². The van der Waals surface area contributed by atoms with Crippen LogP contribution in [-0.4, -0.2) is 18.6 Å². The van der Waals surface area contributed by atoms with Gasteiger partial charge in [0.05, 0.1) is 5.02 Å². The summed E-state index contributed by atoms with van der Waals surface area (Å²) in [6, 6.07) is 5.61. The number of carbonyl (C=O) groups excluding carboxylic acids is 1. The minimum atomic E-state index is -0.0708. The normalized spacial score (nSPS) is 31.2. The summed E-state index contributed by atoms with van der Waals surface area (Å²) < 4.78 is 6.45. The van der Waals surface area contributed by atoms with E-state index in [2.05, 4.69) is 42.0 Å². The molecule has 126 valence electrons. The number of carbonyl (C=O) groups is 1. The van der Waals surface area contributed by atoms with Gasteiger partial charge in [-0.25, -0.2) is 0 Å². The van der Waals surface area contributed by atoms with Crippen molar-refractivity contribution in [2.45, 2.75) is 46.1 Å². The summed E-state index contributed by atoms with van der Waals surface area (Å²) in [7, 11) is 0. The van der Waals surface area contributed by atoms with Crippen LogP contribution in [0, 0.1) is 16.7 Å². The minimum absolute atomic E-state index is 0.000965. The number of hydrogen-bond acceptors (Lipinski definition) is 2. The molecule has 0 saturated heterocycles. The van der Waals surface area contributed by atoms with Crippen LogP contribution in [0.15, 0.2) is 22.7 Å². The fourth-order valence-electron chi connectivity index (χ4n) is 4.39. The van der Waals surface area contributed by atoms with E-state index >= 15 is 0 Å². The van der Waals surface area contributed by atoms with Crippen molar-refractivity contribution in [2.24, 2.45) is 16.7 Å². The van der Waals surface area contributed by atoms with Gasteiger partial charge in [0.25, 0.3) is 5.91 Å². The van der Waals surface area contributed by atoms with Crippen molar-refractivity contribution in [3.8, 4) is 5.75 Å². The maximum atomic E-state index is 12.3. The lowest BCUT2D eigenvalue weighted by Crippen LogP contribution is -2.48. The molecule has 3 nitrogen and oxygen atoms in total. The van der Waals surface area contributed by atoms with E-state index in [0.717, 1.165) is 10.9 Å². The molecule has 2 aliphatic rings. The second-order valence-corrected chi connectivity index (χ2v) is 8.92. The van der Waals surface area contributed by atoms with E-state index in [9.17, 15) is 4.79 Å². The third-order valence-corrected chi connectivity index (χ3v) is 7.17. The molecule has 1 aromatic rings. The van der Waals surface area contributed by atoms with E-state index in [0.29, 0.717) is 22.1 Å². The van der Waals surface area contributed by atoms with E-state index in [1.54, 1.807) is 12.1 Å². The van der Waals surface area contributed by atoms with Crippen molar-refractivity contribution in [1.29, 1.82) is 0 Å². The predicted molar refractivity (Wildman–Crippen MR) is 95.8 cm³/mol. The molecule has 1 N–H and O–H groups in total. The van der Waals surface area contributed by atoms with Crippen LogP contribution in [-0.2, 0) is 4.79 Å². The van der Waals surface area contributed by atoms with Gasteiger partial charge >= 0.3 is 0 Å². The zero-order valence-electron chi connectivity index (χ0n) is 13.8. The first-order chi connectivity index (χ1) is 10.7. The van der Waals surface area contributed by atoms with E-state index in [1.807, 2.05) is 6.07 Å². The Morgan fingerprint density at radius 2 is 2.17 bits per heavy atom. The summed E-state index contributed by atoms with van der Waals surface area (Å²) in [6.45, 7) is 7.00. The molecule has 2 fully saturated rings. The van der Waals surface area contributed by atoms with Gasteiger partial charge in [-0.1, -0.05) is 48.3 Å². The highest BCUT2D eigenvalue weighted by Crippen LogP contribution is 2.65. The molecule has 0 aromatic heterocycles. The average Bonchev–Trinajstić information content (AvgIpc) is 2.79. The highest BCUT2D eigenvalue weighted by atomic mass is 79.9.